The Morgan fingerprint density at radius 2 is 1.95 bits per heavy atom. The number of nitrogens with one attached hydrogen (secondary N) is 1. The second-order valence-electron chi connectivity index (χ2n) is 6.39. The minimum atomic E-state index is 0.176. The van der Waals surface area contributed by atoms with Crippen molar-refractivity contribution in [3.63, 3.8) is 0 Å². The minimum absolute atomic E-state index is 0.176. The number of anilines is 1. The molecule has 2 saturated heterocycles. The van der Waals surface area contributed by atoms with Crippen molar-refractivity contribution < 1.29 is 4.79 Å². The molecule has 0 radical (unpaired) electrons. The summed E-state index contributed by atoms with van der Waals surface area (Å²) < 4.78 is 0. The summed E-state index contributed by atoms with van der Waals surface area (Å²) in [4.78, 5) is 17.0. The molecule has 4 nitrogen and oxygen atoms in total. The maximum Gasteiger partial charge on any atom is 0.227 e. The van der Waals surface area contributed by atoms with Crippen molar-refractivity contribution >= 4 is 11.6 Å². The Morgan fingerprint density at radius 3 is 2.57 bits per heavy atom. The first kappa shape index (κ1) is 14.4. The van der Waals surface area contributed by atoms with Crippen LogP contribution in [-0.4, -0.2) is 50.1 Å². The number of hydrogen-bond donors (Lipinski definition) is 1. The largest absolute Gasteiger partial charge is 0.368 e. The third-order valence-corrected chi connectivity index (χ3v) is 4.79. The number of benzene rings is 1. The molecule has 3 rings (SSSR count). The maximum atomic E-state index is 12.6. The molecule has 1 aromatic carbocycles. The molecule has 1 amide bonds. The molecule has 2 heterocycles. The first-order valence-corrected chi connectivity index (χ1v) is 7.96. The van der Waals surface area contributed by atoms with Crippen molar-refractivity contribution in [3.05, 3.63) is 29.8 Å². The van der Waals surface area contributed by atoms with Gasteiger partial charge in [0.15, 0.2) is 0 Å². The van der Waals surface area contributed by atoms with Gasteiger partial charge in [-0.3, -0.25) is 4.79 Å². The monoisotopic (exact) mass is 287 g/mol. The van der Waals surface area contributed by atoms with Crippen molar-refractivity contribution in [3.8, 4) is 0 Å². The summed E-state index contributed by atoms with van der Waals surface area (Å²) >= 11 is 0. The van der Waals surface area contributed by atoms with Gasteiger partial charge in [-0.05, 0) is 37.1 Å². The maximum absolute atomic E-state index is 12.6. The van der Waals surface area contributed by atoms with Gasteiger partial charge in [0, 0.05) is 38.4 Å². The Kier molecular flexibility index (Phi) is 4.15. The van der Waals surface area contributed by atoms with Gasteiger partial charge in [0.25, 0.3) is 0 Å². The van der Waals surface area contributed by atoms with E-state index in [2.05, 4.69) is 53.2 Å². The molecule has 0 aromatic heterocycles. The molecule has 2 aliphatic heterocycles. The summed E-state index contributed by atoms with van der Waals surface area (Å²) in [5.41, 5.74) is 2.56. The van der Waals surface area contributed by atoms with Crippen LogP contribution in [-0.2, 0) is 4.79 Å². The summed E-state index contributed by atoms with van der Waals surface area (Å²) in [6.07, 6.45) is 0. The van der Waals surface area contributed by atoms with Crippen LogP contribution in [0.15, 0.2) is 24.3 Å². The van der Waals surface area contributed by atoms with E-state index in [9.17, 15) is 4.79 Å². The highest BCUT2D eigenvalue weighted by molar-refractivity contribution is 5.80. The van der Waals surface area contributed by atoms with Crippen molar-refractivity contribution in [2.75, 3.05) is 44.2 Å². The molecule has 114 valence electrons. The zero-order valence-electron chi connectivity index (χ0n) is 13.0. The molecular formula is C17H25N3O. The lowest BCUT2D eigenvalue weighted by atomic mass is 9.96. The molecule has 1 aromatic rings. The highest BCUT2D eigenvalue weighted by atomic mass is 16.2. The highest BCUT2D eigenvalue weighted by Gasteiger charge is 2.33. The van der Waals surface area contributed by atoms with Crippen LogP contribution < -0.4 is 10.2 Å². The number of carbonyl (C=O) groups is 1. The fraction of sp³-hybridized carbons (Fsp3) is 0.588. The molecule has 4 heteroatoms. The van der Waals surface area contributed by atoms with Crippen LogP contribution in [0.25, 0.3) is 0 Å². The van der Waals surface area contributed by atoms with E-state index in [4.69, 9.17) is 0 Å². The smallest absolute Gasteiger partial charge is 0.227 e. The minimum Gasteiger partial charge on any atom is -0.368 e. The lowest BCUT2D eigenvalue weighted by molar-refractivity contribution is -0.136. The van der Waals surface area contributed by atoms with E-state index in [1.165, 1.54) is 11.3 Å². The van der Waals surface area contributed by atoms with Crippen LogP contribution in [0.4, 0.5) is 5.69 Å². The zero-order chi connectivity index (χ0) is 14.8. The Morgan fingerprint density at radius 1 is 1.19 bits per heavy atom. The van der Waals surface area contributed by atoms with Crippen LogP contribution in [0.3, 0.4) is 0 Å². The standard InChI is InChI=1S/C17H25N3O/c1-13-4-3-5-15(10-13)19-6-8-20(9-7-19)17(21)16-12-18-11-14(16)2/h3-5,10,14,16,18H,6-9,11-12H2,1-2H3/t14-,16-/m1/s1. The van der Waals surface area contributed by atoms with E-state index in [1.54, 1.807) is 0 Å². The Labute approximate surface area is 127 Å². The van der Waals surface area contributed by atoms with Gasteiger partial charge in [-0.25, -0.2) is 0 Å². The van der Waals surface area contributed by atoms with Crippen LogP contribution in [0.1, 0.15) is 12.5 Å². The quantitative estimate of drug-likeness (QED) is 0.895. The van der Waals surface area contributed by atoms with Gasteiger partial charge in [-0.1, -0.05) is 19.1 Å². The molecule has 0 aliphatic carbocycles. The lowest BCUT2D eigenvalue weighted by Gasteiger charge is -2.37. The normalized spacial score (nSPS) is 26.2. The van der Waals surface area contributed by atoms with E-state index in [1.807, 2.05) is 0 Å². The fourth-order valence-corrected chi connectivity index (χ4v) is 3.38. The summed E-state index contributed by atoms with van der Waals surface area (Å²) in [7, 11) is 0. The number of piperazine rings is 1. The molecule has 0 bridgehead atoms. The van der Waals surface area contributed by atoms with Crippen molar-refractivity contribution in [1.82, 2.24) is 10.2 Å². The number of aryl methyl sites for hydroxylation is 1. The second-order valence-corrected chi connectivity index (χ2v) is 6.39. The average Bonchev–Trinajstić information content (AvgIpc) is 2.93. The van der Waals surface area contributed by atoms with Gasteiger partial charge >= 0.3 is 0 Å². The van der Waals surface area contributed by atoms with Crippen molar-refractivity contribution in [2.24, 2.45) is 11.8 Å². The molecule has 2 fully saturated rings. The number of nitrogens with zero attached hydrogens (tertiary/aromatic N) is 2. The van der Waals surface area contributed by atoms with E-state index in [0.29, 0.717) is 11.8 Å². The number of rotatable bonds is 2. The molecule has 0 unspecified atom stereocenters. The van der Waals surface area contributed by atoms with Gasteiger partial charge in [-0.15, -0.1) is 0 Å². The third kappa shape index (κ3) is 3.05. The number of carbonyl (C=O) groups excluding carboxylic acids is 1. The molecule has 2 aliphatic rings. The van der Waals surface area contributed by atoms with Gasteiger partial charge in [0.1, 0.15) is 0 Å². The predicted molar refractivity (Wildman–Crippen MR) is 85.5 cm³/mol. The summed E-state index contributed by atoms with van der Waals surface area (Å²) in [5, 5.41) is 3.33. The van der Waals surface area contributed by atoms with E-state index >= 15 is 0 Å². The predicted octanol–water partition coefficient (Wildman–Crippen LogP) is 1.50. The van der Waals surface area contributed by atoms with Gasteiger partial charge < -0.3 is 15.1 Å². The lowest BCUT2D eigenvalue weighted by Crippen LogP contribution is -2.51. The summed E-state index contributed by atoms with van der Waals surface area (Å²) in [5.74, 6) is 0.985. The van der Waals surface area contributed by atoms with Gasteiger partial charge in [-0.2, -0.15) is 0 Å². The van der Waals surface area contributed by atoms with E-state index in [-0.39, 0.29) is 5.92 Å². The second kappa shape index (κ2) is 6.06. The van der Waals surface area contributed by atoms with Gasteiger partial charge in [0.2, 0.25) is 5.91 Å². The fourth-order valence-electron chi connectivity index (χ4n) is 3.38. The molecule has 0 spiro atoms. The highest BCUT2D eigenvalue weighted by Crippen LogP contribution is 2.22. The van der Waals surface area contributed by atoms with Crippen LogP contribution in [0.5, 0.6) is 0 Å². The first-order chi connectivity index (χ1) is 10.1. The molecule has 2 atom stereocenters. The van der Waals surface area contributed by atoms with Gasteiger partial charge in [0.05, 0.1) is 5.92 Å². The molecule has 0 saturated carbocycles. The van der Waals surface area contributed by atoms with E-state index in [0.717, 1.165) is 39.3 Å². The van der Waals surface area contributed by atoms with Crippen LogP contribution >= 0.6 is 0 Å². The topological polar surface area (TPSA) is 35.6 Å². The Bertz CT molecular complexity index is 509. The third-order valence-electron chi connectivity index (χ3n) is 4.79. The SMILES string of the molecule is Cc1cccc(N2CCN(C(=O)[C@@H]3CNC[C@H]3C)CC2)c1. The van der Waals surface area contributed by atoms with Crippen LogP contribution in [0.2, 0.25) is 0 Å². The average molecular weight is 287 g/mol. The molecular weight excluding hydrogens is 262 g/mol. The van der Waals surface area contributed by atoms with Crippen LogP contribution in [0, 0.1) is 18.8 Å². The first-order valence-electron chi connectivity index (χ1n) is 7.96. The van der Waals surface area contributed by atoms with Crippen molar-refractivity contribution in [2.45, 2.75) is 13.8 Å². The number of hydrogen-bond acceptors (Lipinski definition) is 3. The van der Waals surface area contributed by atoms with Crippen molar-refractivity contribution in [1.29, 1.82) is 0 Å². The molecule has 1 N–H and O–H groups in total. The molecule has 21 heavy (non-hydrogen) atoms. The zero-order valence-corrected chi connectivity index (χ0v) is 13.0. The Hall–Kier alpha value is -1.55. The van der Waals surface area contributed by atoms with E-state index < -0.39 is 0 Å². The summed E-state index contributed by atoms with van der Waals surface area (Å²) in [6, 6.07) is 8.61. The number of amides is 1. The summed E-state index contributed by atoms with van der Waals surface area (Å²) in [6.45, 7) is 9.67. The Balaban J connectivity index is 1.59.